The molecule has 0 aliphatic carbocycles. The third-order valence-electron chi connectivity index (χ3n) is 4.90. The largest absolute Gasteiger partial charge is 0.466 e. The van der Waals surface area contributed by atoms with Crippen molar-refractivity contribution in [1.29, 1.82) is 0 Å². The van der Waals surface area contributed by atoms with E-state index in [9.17, 15) is 14.4 Å². The van der Waals surface area contributed by atoms with Gasteiger partial charge >= 0.3 is 5.97 Å². The summed E-state index contributed by atoms with van der Waals surface area (Å²) in [5.74, 6) is -1.38. The van der Waals surface area contributed by atoms with E-state index in [-0.39, 0.29) is 43.0 Å². The zero-order valence-electron chi connectivity index (χ0n) is 16.3. The molecule has 3 rings (SSSR count). The van der Waals surface area contributed by atoms with Crippen LogP contribution in [0.5, 0.6) is 0 Å². The van der Waals surface area contributed by atoms with Gasteiger partial charge in [-0.25, -0.2) is 4.79 Å². The van der Waals surface area contributed by atoms with Crippen molar-refractivity contribution in [3.63, 3.8) is 0 Å². The normalized spacial score (nSPS) is 18.9. The molecule has 2 heterocycles. The number of methoxy groups -OCH3 is 1. The number of nitrogens with zero attached hydrogens (tertiary/aromatic N) is 1. The fourth-order valence-electron chi connectivity index (χ4n) is 3.38. The number of hydrogen-bond donors (Lipinski definition) is 3. The van der Waals surface area contributed by atoms with Crippen LogP contribution >= 0.6 is 0 Å². The van der Waals surface area contributed by atoms with Gasteiger partial charge in [-0.15, -0.1) is 0 Å². The lowest BCUT2D eigenvalue weighted by Gasteiger charge is -2.16. The van der Waals surface area contributed by atoms with Crippen LogP contribution in [0.1, 0.15) is 23.2 Å². The quantitative estimate of drug-likeness (QED) is 0.533. The zero-order chi connectivity index (χ0) is 20.8. The van der Waals surface area contributed by atoms with E-state index in [4.69, 9.17) is 14.6 Å². The molecular formula is C20H25N3O6. The van der Waals surface area contributed by atoms with Gasteiger partial charge < -0.3 is 30.1 Å². The Morgan fingerprint density at radius 2 is 2.14 bits per heavy atom. The zero-order valence-corrected chi connectivity index (χ0v) is 16.3. The maximum Gasteiger partial charge on any atom is 0.337 e. The Bertz CT molecular complexity index is 816. The summed E-state index contributed by atoms with van der Waals surface area (Å²) in [6, 6.07) is 6.74. The van der Waals surface area contributed by atoms with E-state index in [1.165, 1.54) is 12.0 Å². The first-order chi connectivity index (χ1) is 14.0. The van der Waals surface area contributed by atoms with Crippen LogP contribution in [0.3, 0.4) is 0 Å². The highest BCUT2D eigenvalue weighted by atomic mass is 16.5. The molecule has 1 aromatic rings. The standard InChI is InChI=1S/C20H25N3O6/c1-28-20(27)15-12-23(8-9-24)19(26)17(15)22-16-7-3-2-6-14(16)18(25)21-11-13-5-4-10-29-13/h2-3,6-7,13,22,24H,4-5,8-12H2,1H3,(H,21,25). The number of β-amino-alcohol motifs (C(OH)–C–C–N with tert-alkyl or cyclic N) is 1. The summed E-state index contributed by atoms with van der Waals surface area (Å²) in [5, 5.41) is 14.9. The van der Waals surface area contributed by atoms with Crippen molar-refractivity contribution < 1.29 is 29.0 Å². The van der Waals surface area contributed by atoms with Gasteiger partial charge in [0.15, 0.2) is 0 Å². The Morgan fingerprint density at radius 3 is 2.83 bits per heavy atom. The predicted octanol–water partition coefficient (Wildman–Crippen LogP) is 0.269. The molecular weight excluding hydrogens is 378 g/mol. The molecule has 3 N–H and O–H groups in total. The molecule has 0 bridgehead atoms. The Morgan fingerprint density at radius 1 is 1.34 bits per heavy atom. The molecule has 0 radical (unpaired) electrons. The summed E-state index contributed by atoms with van der Waals surface area (Å²) in [6.45, 7) is 1.01. The highest BCUT2D eigenvalue weighted by molar-refractivity contribution is 6.09. The summed E-state index contributed by atoms with van der Waals surface area (Å²) < 4.78 is 10.3. The molecule has 0 spiro atoms. The monoisotopic (exact) mass is 403 g/mol. The second kappa shape index (κ2) is 9.53. The van der Waals surface area contributed by atoms with Crippen LogP contribution in [-0.2, 0) is 19.1 Å². The Kier molecular flexibility index (Phi) is 6.84. The van der Waals surface area contributed by atoms with Crippen LogP contribution in [0.2, 0.25) is 0 Å². The van der Waals surface area contributed by atoms with Gasteiger partial charge in [0.1, 0.15) is 5.70 Å². The number of carbonyl (C=O) groups excluding carboxylic acids is 3. The number of hydrogen-bond acceptors (Lipinski definition) is 7. The predicted molar refractivity (Wildman–Crippen MR) is 104 cm³/mol. The van der Waals surface area contributed by atoms with Crippen molar-refractivity contribution in [1.82, 2.24) is 10.2 Å². The smallest absolute Gasteiger partial charge is 0.337 e. The van der Waals surface area contributed by atoms with Crippen LogP contribution in [-0.4, -0.2) is 73.9 Å². The molecule has 0 saturated carbocycles. The number of para-hydroxylation sites is 1. The van der Waals surface area contributed by atoms with E-state index < -0.39 is 11.9 Å². The summed E-state index contributed by atoms with van der Waals surface area (Å²) in [5.41, 5.74) is 0.939. The average molecular weight is 403 g/mol. The number of aliphatic hydroxyl groups excluding tert-OH is 1. The van der Waals surface area contributed by atoms with Crippen LogP contribution < -0.4 is 10.6 Å². The minimum Gasteiger partial charge on any atom is -0.466 e. The molecule has 156 valence electrons. The van der Waals surface area contributed by atoms with Crippen molar-refractivity contribution in [2.45, 2.75) is 18.9 Å². The lowest BCUT2D eigenvalue weighted by Crippen LogP contribution is -2.33. The summed E-state index contributed by atoms with van der Waals surface area (Å²) >= 11 is 0. The number of anilines is 1. The van der Waals surface area contributed by atoms with Gasteiger partial charge in [-0.3, -0.25) is 9.59 Å². The summed E-state index contributed by atoms with van der Waals surface area (Å²) in [6.07, 6.45) is 1.90. The Balaban J connectivity index is 1.80. The van der Waals surface area contributed by atoms with E-state index in [0.717, 1.165) is 12.8 Å². The molecule has 2 aliphatic rings. The van der Waals surface area contributed by atoms with Crippen molar-refractivity contribution in [2.75, 3.05) is 45.3 Å². The number of nitrogens with one attached hydrogen (secondary N) is 2. The second-order valence-electron chi connectivity index (χ2n) is 6.81. The van der Waals surface area contributed by atoms with Gasteiger partial charge in [-0.1, -0.05) is 12.1 Å². The van der Waals surface area contributed by atoms with Crippen LogP contribution in [0.15, 0.2) is 35.5 Å². The van der Waals surface area contributed by atoms with E-state index in [2.05, 4.69) is 10.6 Å². The van der Waals surface area contributed by atoms with Gasteiger partial charge in [-0.05, 0) is 25.0 Å². The number of esters is 1. The molecule has 9 heteroatoms. The first kappa shape index (κ1) is 20.8. The fraction of sp³-hybridized carbons (Fsp3) is 0.450. The van der Waals surface area contributed by atoms with Gasteiger partial charge in [0.25, 0.3) is 11.8 Å². The fourth-order valence-corrected chi connectivity index (χ4v) is 3.38. The minimum absolute atomic E-state index is 0.0103. The highest BCUT2D eigenvalue weighted by Crippen LogP contribution is 2.25. The molecule has 0 aromatic heterocycles. The molecule has 1 fully saturated rings. The number of benzene rings is 1. The third-order valence-corrected chi connectivity index (χ3v) is 4.90. The first-order valence-electron chi connectivity index (χ1n) is 9.52. The molecule has 1 saturated heterocycles. The van der Waals surface area contributed by atoms with Crippen LogP contribution in [0.4, 0.5) is 5.69 Å². The lowest BCUT2D eigenvalue weighted by molar-refractivity contribution is -0.136. The van der Waals surface area contributed by atoms with Gasteiger partial charge in [0, 0.05) is 19.7 Å². The van der Waals surface area contributed by atoms with Gasteiger partial charge in [0.05, 0.1) is 43.2 Å². The van der Waals surface area contributed by atoms with Crippen molar-refractivity contribution in [3.05, 3.63) is 41.1 Å². The van der Waals surface area contributed by atoms with Gasteiger partial charge in [-0.2, -0.15) is 0 Å². The minimum atomic E-state index is -0.637. The maximum atomic E-state index is 12.7. The van der Waals surface area contributed by atoms with Crippen LogP contribution in [0, 0.1) is 0 Å². The molecule has 1 aromatic carbocycles. The third kappa shape index (κ3) is 4.75. The second-order valence-corrected chi connectivity index (χ2v) is 6.81. The number of carbonyl (C=O) groups is 3. The summed E-state index contributed by atoms with van der Waals surface area (Å²) in [4.78, 5) is 38.8. The topological polar surface area (TPSA) is 117 Å². The average Bonchev–Trinajstić information content (AvgIpc) is 3.36. The molecule has 1 atom stereocenters. The van der Waals surface area contributed by atoms with E-state index in [0.29, 0.717) is 24.4 Å². The molecule has 1 unspecified atom stereocenters. The number of amides is 2. The van der Waals surface area contributed by atoms with Crippen molar-refractivity contribution in [3.8, 4) is 0 Å². The number of ether oxygens (including phenoxy) is 2. The van der Waals surface area contributed by atoms with Crippen LogP contribution in [0.25, 0.3) is 0 Å². The molecule has 9 nitrogen and oxygen atoms in total. The molecule has 2 amide bonds. The Hall–Kier alpha value is -2.91. The molecule has 29 heavy (non-hydrogen) atoms. The lowest BCUT2D eigenvalue weighted by atomic mass is 10.1. The first-order valence-corrected chi connectivity index (χ1v) is 9.52. The van der Waals surface area contributed by atoms with Gasteiger partial charge in [0.2, 0.25) is 0 Å². The van der Waals surface area contributed by atoms with Crippen molar-refractivity contribution in [2.24, 2.45) is 0 Å². The summed E-state index contributed by atoms with van der Waals surface area (Å²) in [7, 11) is 1.23. The number of rotatable bonds is 8. The van der Waals surface area contributed by atoms with E-state index >= 15 is 0 Å². The maximum absolute atomic E-state index is 12.7. The SMILES string of the molecule is COC(=O)C1=C(Nc2ccccc2C(=O)NCC2CCCO2)C(=O)N(CCO)C1. The van der Waals surface area contributed by atoms with E-state index in [1.54, 1.807) is 24.3 Å². The van der Waals surface area contributed by atoms with Crippen molar-refractivity contribution >= 4 is 23.5 Å². The van der Waals surface area contributed by atoms with E-state index in [1.807, 2.05) is 0 Å². The Labute approximate surface area is 168 Å². The number of aliphatic hydroxyl groups is 1. The highest BCUT2D eigenvalue weighted by Gasteiger charge is 2.35. The molecule has 2 aliphatic heterocycles.